The largest absolute Gasteiger partial charge is 0.381 e. The van der Waals surface area contributed by atoms with Gasteiger partial charge in [-0.2, -0.15) is 4.31 Å². The van der Waals surface area contributed by atoms with Crippen molar-refractivity contribution in [3.8, 4) is 0 Å². The third-order valence-electron chi connectivity index (χ3n) is 5.34. The second-order valence-electron chi connectivity index (χ2n) is 7.54. The highest BCUT2D eigenvalue weighted by Gasteiger charge is 2.43. The molecule has 0 saturated carbocycles. The van der Waals surface area contributed by atoms with E-state index >= 15 is 0 Å². The van der Waals surface area contributed by atoms with E-state index in [1.807, 2.05) is 0 Å². The van der Waals surface area contributed by atoms with Crippen LogP contribution in [0.2, 0.25) is 0 Å². The number of hydrogen-bond donors (Lipinski definition) is 2. The molecule has 2 N–H and O–H groups in total. The standard InChI is InChI=1S/C17H26N4O6S/c1-11-13(12(2)27-20-11)8-15(22)18-14-9-21(28(3,24)25)10-17(19-16(14)23)4-6-26-7-5-17/h14H,4-10H2,1-3H3,(H,18,22)(H,19,23). The van der Waals surface area contributed by atoms with Crippen LogP contribution in [0.15, 0.2) is 4.52 Å². The van der Waals surface area contributed by atoms with E-state index in [0.717, 1.165) is 6.26 Å². The van der Waals surface area contributed by atoms with Gasteiger partial charge in [0, 0.05) is 31.9 Å². The Bertz CT molecular complexity index is 839. The smallest absolute Gasteiger partial charge is 0.244 e. The Morgan fingerprint density at radius 1 is 1.36 bits per heavy atom. The number of carbonyl (C=O) groups excluding carboxylic acids is 2. The summed E-state index contributed by atoms with van der Waals surface area (Å²) in [6.45, 7) is 4.39. The summed E-state index contributed by atoms with van der Waals surface area (Å²) in [5.41, 5.74) is 0.587. The maximum Gasteiger partial charge on any atom is 0.244 e. The molecule has 2 amide bonds. The highest BCUT2D eigenvalue weighted by molar-refractivity contribution is 7.88. The molecular weight excluding hydrogens is 388 g/mol. The Kier molecular flexibility index (Phi) is 5.78. The summed E-state index contributed by atoms with van der Waals surface area (Å²) in [6.07, 6.45) is 2.15. The van der Waals surface area contributed by atoms with Gasteiger partial charge in [-0.15, -0.1) is 0 Å². The lowest BCUT2D eigenvalue weighted by molar-refractivity contribution is -0.129. The number of hydrogen-bond acceptors (Lipinski definition) is 7. The molecule has 0 radical (unpaired) electrons. The van der Waals surface area contributed by atoms with Crippen molar-refractivity contribution in [2.45, 2.75) is 44.7 Å². The van der Waals surface area contributed by atoms with Gasteiger partial charge in [0.25, 0.3) is 0 Å². The topological polar surface area (TPSA) is 131 Å². The van der Waals surface area contributed by atoms with Crippen LogP contribution in [0.4, 0.5) is 0 Å². The monoisotopic (exact) mass is 414 g/mol. The lowest BCUT2D eigenvalue weighted by Crippen LogP contribution is -2.58. The fraction of sp³-hybridized carbons (Fsp3) is 0.706. The summed E-state index contributed by atoms with van der Waals surface area (Å²) in [7, 11) is -3.56. The van der Waals surface area contributed by atoms with E-state index in [1.165, 1.54) is 4.31 Å². The molecule has 1 aromatic heterocycles. The lowest BCUT2D eigenvalue weighted by atomic mass is 9.90. The second-order valence-corrected chi connectivity index (χ2v) is 9.52. The third-order valence-corrected chi connectivity index (χ3v) is 6.56. The fourth-order valence-corrected chi connectivity index (χ4v) is 4.55. The number of aromatic nitrogens is 1. The van der Waals surface area contributed by atoms with Crippen LogP contribution in [-0.2, 0) is 30.8 Å². The molecule has 28 heavy (non-hydrogen) atoms. The minimum atomic E-state index is -3.56. The van der Waals surface area contributed by atoms with Crippen molar-refractivity contribution in [3.05, 3.63) is 17.0 Å². The van der Waals surface area contributed by atoms with Gasteiger partial charge in [-0.05, 0) is 26.7 Å². The zero-order chi connectivity index (χ0) is 20.5. The van der Waals surface area contributed by atoms with Crippen LogP contribution in [0, 0.1) is 13.8 Å². The van der Waals surface area contributed by atoms with E-state index in [9.17, 15) is 18.0 Å². The van der Waals surface area contributed by atoms with Crippen molar-refractivity contribution in [1.82, 2.24) is 20.1 Å². The van der Waals surface area contributed by atoms with E-state index in [2.05, 4.69) is 15.8 Å². The first kappa shape index (κ1) is 20.7. The molecule has 2 fully saturated rings. The van der Waals surface area contributed by atoms with Crippen LogP contribution >= 0.6 is 0 Å². The van der Waals surface area contributed by atoms with Crippen LogP contribution < -0.4 is 10.6 Å². The summed E-state index contributed by atoms with van der Waals surface area (Å²) in [4.78, 5) is 25.3. The molecular formula is C17H26N4O6S. The van der Waals surface area contributed by atoms with E-state index in [1.54, 1.807) is 13.8 Å². The van der Waals surface area contributed by atoms with Gasteiger partial charge in [0.1, 0.15) is 11.8 Å². The van der Waals surface area contributed by atoms with Gasteiger partial charge < -0.3 is 19.9 Å². The number of aryl methyl sites for hydroxylation is 2. The Morgan fingerprint density at radius 3 is 2.61 bits per heavy atom. The molecule has 10 nitrogen and oxygen atoms in total. The van der Waals surface area contributed by atoms with E-state index in [4.69, 9.17) is 9.26 Å². The highest BCUT2D eigenvalue weighted by Crippen LogP contribution is 2.25. The van der Waals surface area contributed by atoms with Gasteiger partial charge in [0.2, 0.25) is 21.8 Å². The second kappa shape index (κ2) is 7.80. The Morgan fingerprint density at radius 2 is 2.04 bits per heavy atom. The quantitative estimate of drug-likeness (QED) is 0.663. The van der Waals surface area contributed by atoms with Crippen molar-refractivity contribution in [3.63, 3.8) is 0 Å². The predicted octanol–water partition coefficient (Wildman–Crippen LogP) is -0.741. The highest BCUT2D eigenvalue weighted by atomic mass is 32.2. The van der Waals surface area contributed by atoms with Crippen LogP contribution in [0.25, 0.3) is 0 Å². The first-order valence-electron chi connectivity index (χ1n) is 9.16. The Balaban J connectivity index is 1.78. The van der Waals surface area contributed by atoms with Crippen molar-refractivity contribution in [1.29, 1.82) is 0 Å². The van der Waals surface area contributed by atoms with Gasteiger partial charge in [0.05, 0.1) is 23.9 Å². The molecule has 3 heterocycles. The van der Waals surface area contributed by atoms with Crippen LogP contribution in [0.3, 0.4) is 0 Å². The van der Waals surface area contributed by atoms with E-state index in [0.29, 0.717) is 43.1 Å². The molecule has 1 unspecified atom stereocenters. The van der Waals surface area contributed by atoms with Gasteiger partial charge in [0.15, 0.2) is 0 Å². The zero-order valence-corrected chi connectivity index (χ0v) is 17.1. The normalized spacial score (nSPS) is 23.2. The number of nitrogens with one attached hydrogen (secondary N) is 2. The number of carbonyl (C=O) groups is 2. The van der Waals surface area contributed by atoms with Crippen molar-refractivity contribution >= 4 is 21.8 Å². The van der Waals surface area contributed by atoms with Gasteiger partial charge in [-0.3, -0.25) is 9.59 Å². The SMILES string of the molecule is Cc1noc(C)c1CC(=O)NC1CN(S(C)(=O)=O)CC2(CCOCC2)NC1=O. The summed E-state index contributed by atoms with van der Waals surface area (Å²) in [5, 5.41) is 9.44. The average molecular weight is 414 g/mol. The van der Waals surface area contributed by atoms with Gasteiger partial charge >= 0.3 is 0 Å². The molecule has 0 aromatic carbocycles. The third kappa shape index (κ3) is 4.53. The molecule has 1 spiro atoms. The maximum absolute atomic E-state index is 12.8. The summed E-state index contributed by atoms with van der Waals surface area (Å²) >= 11 is 0. The number of amides is 2. The molecule has 156 valence electrons. The molecule has 2 aliphatic rings. The van der Waals surface area contributed by atoms with Gasteiger partial charge in [-0.25, -0.2) is 8.42 Å². The molecule has 0 bridgehead atoms. The van der Waals surface area contributed by atoms with Gasteiger partial charge in [-0.1, -0.05) is 5.16 Å². The summed E-state index contributed by atoms with van der Waals surface area (Å²) < 4.78 is 36.2. The molecule has 0 aliphatic carbocycles. The van der Waals surface area contributed by atoms with Crippen LogP contribution in [0.1, 0.15) is 29.9 Å². The molecule has 2 saturated heterocycles. The van der Waals surface area contributed by atoms with Crippen molar-refractivity contribution < 1.29 is 27.3 Å². The Labute approximate surface area is 164 Å². The number of rotatable bonds is 4. The molecule has 11 heteroatoms. The first-order valence-corrected chi connectivity index (χ1v) is 11.0. The molecule has 1 atom stereocenters. The Hall–Kier alpha value is -1.98. The zero-order valence-electron chi connectivity index (χ0n) is 16.3. The minimum Gasteiger partial charge on any atom is -0.381 e. The molecule has 3 rings (SSSR count). The van der Waals surface area contributed by atoms with E-state index < -0.39 is 27.5 Å². The predicted molar refractivity (Wildman–Crippen MR) is 99.0 cm³/mol. The van der Waals surface area contributed by atoms with Crippen molar-refractivity contribution in [2.75, 3.05) is 32.6 Å². The molecule has 1 aromatic rings. The summed E-state index contributed by atoms with van der Waals surface area (Å²) in [5.74, 6) is -0.247. The first-order chi connectivity index (χ1) is 13.1. The number of nitrogens with zero attached hydrogens (tertiary/aromatic N) is 2. The number of sulfonamides is 1. The minimum absolute atomic E-state index is 0.00278. The summed E-state index contributed by atoms with van der Waals surface area (Å²) in [6, 6.07) is -0.982. The number of ether oxygens (including phenoxy) is 1. The maximum atomic E-state index is 12.8. The molecule has 2 aliphatic heterocycles. The van der Waals surface area contributed by atoms with E-state index in [-0.39, 0.29) is 25.4 Å². The fourth-order valence-electron chi connectivity index (χ4n) is 3.65. The lowest BCUT2D eigenvalue weighted by Gasteiger charge is -2.38. The average Bonchev–Trinajstić information content (AvgIpc) is 2.84. The van der Waals surface area contributed by atoms with Crippen molar-refractivity contribution in [2.24, 2.45) is 0 Å². The van der Waals surface area contributed by atoms with Crippen LogP contribution in [0.5, 0.6) is 0 Å². The van der Waals surface area contributed by atoms with Crippen LogP contribution in [-0.4, -0.2) is 73.8 Å².